The molecule has 5 rings (SSSR count). The Labute approximate surface area is 251 Å². The number of hydrogen-bond donors (Lipinski definition) is 2. The van der Waals surface area contributed by atoms with E-state index in [4.69, 9.17) is 21.4 Å². The monoisotopic (exact) mass is 631 g/mol. The largest absolute Gasteiger partial charge is 0.495 e. The molecule has 0 saturated heterocycles. The lowest BCUT2D eigenvalue weighted by Crippen LogP contribution is -2.21. The number of aromatic nitrogens is 3. The SMILES string of the molecule is COc1ccc(-c2nn(-c3cccc(NC(=O)Nc4cc(C(F)(F)F)cc(C(F)(F)F)c4)c3)cc2-c2ccncc2)cc1Cl. The number of carbonyl (C=O) groups excluding carboxylic acids is 1. The molecule has 5 aromatic rings. The van der Waals surface area contributed by atoms with E-state index in [1.807, 2.05) is 5.32 Å². The van der Waals surface area contributed by atoms with Crippen molar-refractivity contribution in [2.45, 2.75) is 12.4 Å². The van der Waals surface area contributed by atoms with Gasteiger partial charge in [0.2, 0.25) is 0 Å². The number of carbonyl (C=O) groups is 1. The fraction of sp³-hybridized carbons (Fsp3) is 0.100. The van der Waals surface area contributed by atoms with E-state index < -0.39 is 35.2 Å². The van der Waals surface area contributed by atoms with Crippen LogP contribution in [0.25, 0.3) is 28.1 Å². The summed E-state index contributed by atoms with van der Waals surface area (Å²) in [4.78, 5) is 16.7. The van der Waals surface area contributed by atoms with Crippen molar-refractivity contribution in [1.29, 1.82) is 0 Å². The molecule has 0 saturated carbocycles. The molecule has 44 heavy (non-hydrogen) atoms. The summed E-state index contributed by atoms with van der Waals surface area (Å²) >= 11 is 6.36. The van der Waals surface area contributed by atoms with Crippen LogP contribution in [0.4, 0.5) is 42.5 Å². The Bertz CT molecular complexity index is 1790. The molecule has 0 fully saturated rings. The first kappa shape index (κ1) is 30.4. The molecule has 2 aromatic heterocycles. The van der Waals surface area contributed by atoms with Gasteiger partial charge in [0.1, 0.15) is 11.4 Å². The summed E-state index contributed by atoms with van der Waals surface area (Å²) in [5.41, 5.74) is -0.310. The first-order valence-electron chi connectivity index (χ1n) is 12.6. The van der Waals surface area contributed by atoms with Gasteiger partial charge in [-0.15, -0.1) is 0 Å². The second-order valence-corrected chi connectivity index (χ2v) is 9.75. The van der Waals surface area contributed by atoms with Crippen LogP contribution in [0.15, 0.2) is 91.4 Å². The number of nitrogens with one attached hydrogen (secondary N) is 2. The predicted octanol–water partition coefficient (Wildman–Crippen LogP) is 8.94. The van der Waals surface area contributed by atoms with Gasteiger partial charge in [0.05, 0.1) is 28.9 Å². The Hall–Kier alpha value is -5.04. The lowest BCUT2D eigenvalue weighted by atomic mass is 10.0. The van der Waals surface area contributed by atoms with Crippen molar-refractivity contribution in [3.05, 3.63) is 108 Å². The van der Waals surface area contributed by atoms with Gasteiger partial charge in [0, 0.05) is 41.1 Å². The Morgan fingerprint density at radius 3 is 2.09 bits per heavy atom. The predicted molar refractivity (Wildman–Crippen MR) is 153 cm³/mol. The second kappa shape index (κ2) is 11.9. The molecular formula is C30H20ClF6N5O2. The highest BCUT2D eigenvalue weighted by atomic mass is 35.5. The summed E-state index contributed by atoms with van der Waals surface area (Å²) in [5.74, 6) is 0.483. The minimum Gasteiger partial charge on any atom is -0.495 e. The van der Waals surface area contributed by atoms with E-state index in [1.54, 1.807) is 65.7 Å². The number of pyridine rings is 1. The third kappa shape index (κ3) is 6.78. The normalized spacial score (nSPS) is 11.7. The van der Waals surface area contributed by atoms with Gasteiger partial charge < -0.3 is 15.4 Å². The topological polar surface area (TPSA) is 81.1 Å². The number of rotatable bonds is 6. The molecule has 2 heterocycles. The molecule has 0 atom stereocenters. The Morgan fingerprint density at radius 2 is 1.48 bits per heavy atom. The highest BCUT2D eigenvalue weighted by Gasteiger charge is 2.37. The van der Waals surface area contributed by atoms with Gasteiger partial charge in [-0.3, -0.25) is 4.98 Å². The maximum Gasteiger partial charge on any atom is 0.416 e. The van der Waals surface area contributed by atoms with Gasteiger partial charge in [-0.05, 0) is 72.3 Å². The number of ether oxygens (including phenoxy) is 1. The van der Waals surface area contributed by atoms with E-state index in [-0.39, 0.29) is 11.8 Å². The van der Waals surface area contributed by atoms with E-state index in [2.05, 4.69) is 10.3 Å². The van der Waals surface area contributed by atoms with Crippen molar-refractivity contribution in [2.75, 3.05) is 17.7 Å². The first-order chi connectivity index (χ1) is 20.8. The van der Waals surface area contributed by atoms with Crippen LogP contribution in [-0.4, -0.2) is 27.9 Å². The van der Waals surface area contributed by atoms with Crippen LogP contribution in [-0.2, 0) is 12.4 Å². The summed E-state index contributed by atoms with van der Waals surface area (Å²) in [5, 5.41) is 9.58. The number of anilines is 2. The van der Waals surface area contributed by atoms with Crippen LogP contribution < -0.4 is 15.4 Å². The van der Waals surface area contributed by atoms with Gasteiger partial charge in [0.25, 0.3) is 0 Å². The van der Waals surface area contributed by atoms with Gasteiger partial charge in [-0.1, -0.05) is 17.7 Å². The number of amides is 2. The molecular weight excluding hydrogens is 612 g/mol. The number of alkyl halides is 6. The zero-order valence-corrected chi connectivity index (χ0v) is 23.2. The van der Waals surface area contributed by atoms with E-state index >= 15 is 0 Å². The first-order valence-corrected chi connectivity index (χ1v) is 13.0. The molecule has 0 spiro atoms. The maximum absolute atomic E-state index is 13.2. The summed E-state index contributed by atoms with van der Waals surface area (Å²) in [6.45, 7) is 0. The van der Waals surface area contributed by atoms with Crippen molar-refractivity contribution in [2.24, 2.45) is 0 Å². The number of nitrogens with zero attached hydrogens (tertiary/aromatic N) is 3. The van der Waals surface area contributed by atoms with E-state index in [9.17, 15) is 31.1 Å². The molecule has 0 bridgehead atoms. The smallest absolute Gasteiger partial charge is 0.416 e. The Morgan fingerprint density at radius 1 is 0.818 bits per heavy atom. The molecule has 2 amide bonds. The summed E-state index contributed by atoms with van der Waals surface area (Å²) in [6, 6.07) is 14.9. The van der Waals surface area contributed by atoms with Crippen LogP contribution in [0.5, 0.6) is 5.75 Å². The van der Waals surface area contributed by atoms with Crippen molar-refractivity contribution in [3.8, 4) is 33.8 Å². The van der Waals surface area contributed by atoms with Gasteiger partial charge in [0.15, 0.2) is 0 Å². The molecule has 0 aliphatic rings. The molecule has 226 valence electrons. The fourth-order valence-corrected chi connectivity index (χ4v) is 4.58. The van der Waals surface area contributed by atoms with Crippen LogP contribution in [0.3, 0.4) is 0 Å². The minimum atomic E-state index is -5.06. The van der Waals surface area contributed by atoms with Crippen molar-refractivity contribution >= 4 is 29.0 Å². The van der Waals surface area contributed by atoms with E-state index in [0.29, 0.717) is 39.8 Å². The minimum absolute atomic E-state index is 0.0228. The molecule has 3 aromatic carbocycles. The molecule has 0 unspecified atom stereocenters. The molecule has 0 aliphatic carbocycles. The Kier molecular flexibility index (Phi) is 8.24. The standard InChI is InChI=1S/C30H20ClF6N5O2/c1-44-26-6-5-18(11-25(26)31)27-24(17-7-9-38-10-8-17)16-42(41-27)23-4-2-3-21(15-23)39-28(43)40-22-13-19(29(32,33)34)12-20(14-22)30(35,36)37/h2-16H,1H3,(H2,39,40,43). The van der Waals surface area contributed by atoms with Crippen LogP contribution in [0, 0.1) is 0 Å². The summed E-state index contributed by atoms with van der Waals surface area (Å²) in [6.07, 6.45) is -5.11. The lowest BCUT2D eigenvalue weighted by Gasteiger charge is -2.15. The zero-order chi connectivity index (χ0) is 31.6. The maximum atomic E-state index is 13.2. The molecule has 14 heteroatoms. The van der Waals surface area contributed by atoms with Crippen LogP contribution in [0.1, 0.15) is 11.1 Å². The zero-order valence-electron chi connectivity index (χ0n) is 22.5. The van der Waals surface area contributed by atoms with Gasteiger partial charge in [-0.25, -0.2) is 9.48 Å². The van der Waals surface area contributed by atoms with Crippen molar-refractivity contribution < 1.29 is 35.9 Å². The van der Waals surface area contributed by atoms with Gasteiger partial charge >= 0.3 is 18.4 Å². The average Bonchev–Trinajstić information content (AvgIpc) is 3.42. The van der Waals surface area contributed by atoms with Crippen molar-refractivity contribution in [1.82, 2.24) is 14.8 Å². The quantitative estimate of drug-likeness (QED) is 0.183. The summed E-state index contributed by atoms with van der Waals surface area (Å²) < 4.78 is 86.0. The molecule has 0 aliphatic heterocycles. The third-order valence-corrected chi connectivity index (χ3v) is 6.64. The van der Waals surface area contributed by atoms with Crippen molar-refractivity contribution in [3.63, 3.8) is 0 Å². The fourth-order valence-electron chi connectivity index (χ4n) is 4.32. The number of hydrogen-bond acceptors (Lipinski definition) is 4. The second-order valence-electron chi connectivity index (χ2n) is 9.35. The summed E-state index contributed by atoms with van der Waals surface area (Å²) in [7, 11) is 1.50. The van der Waals surface area contributed by atoms with E-state index in [0.717, 1.165) is 11.1 Å². The van der Waals surface area contributed by atoms with Crippen LogP contribution >= 0.6 is 11.6 Å². The number of urea groups is 1. The highest BCUT2D eigenvalue weighted by Crippen LogP contribution is 2.38. The number of methoxy groups -OCH3 is 1. The van der Waals surface area contributed by atoms with Gasteiger partial charge in [-0.2, -0.15) is 31.4 Å². The van der Waals surface area contributed by atoms with E-state index in [1.165, 1.54) is 19.2 Å². The third-order valence-electron chi connectivity index (χ3n) is 6.34. The average molecular weight is 632 g/mol. The Balaban J connectivity index is 1.44. The molecule has 7 nitrogen and oxygen atoms in total. The number of benzene rings is 3. The highest BCUT2D eigenvalue weighted by molar-refractivity contribution is 6.32. The molecule has 2 N–H and O–H groups in total. The molecule has 0 radical (unpaired) electrons. The van der Waals surface area contributed by atoms with Crippen LogP contribution in [0.2, 0.25) is 5.02 Å². The number of halogens is 7. The lowest BCUT2D eigenvalue weighted by molar-refractivity contribution is -0.143.